The molecular formula is C15H30N2O3. The molecule has 20 heavy (non-hydrogen) atoms. The summed E-state index contributed by atoms with van der Waals surface area (Å²) < 4.78 is 10.7. The van der Waals surface area contributed by atoms with E-state index in [1.54, 1.807) is 0 Å². The van der Waals surface area contributed by atoms with Crippen LogP contribution >= 0.6 is 0 Å². The van der Waals surface area contributed by atoms with Crippen LogP contribution in [0.2, 0.25) is 0 Å². The molecular weight excluding hydrogens is 256 g/mol. The first-order valence-electron chi connectivity index (χ1n) is 7.94. The van der Waals surface area contributed by atoms with Crippen LogP contribution in [0.3, 0.4) is 0 Å². The Labute approximate surface area is 123 Å². The van der Waals surface area contributed by atoms with E-state index >= 15 is 0 Å². The molecule has 0 radical (unpaired) electrons. The zero-order chi connectivity index (χ0) is 14.6. The van der Waals surface area contributed by atoms with Crippen molar-refractivity contribution in [2.75, 3.05) is 46.1 Å². The van der Waals surface area contributed by atoms with Crippen molar-refractivity contribution in [3.8, 4) is 0 Å². The lowest BCUT2D eigenvalue weighted by atomic mass is 10.2. The highest BCUT2D eigenvalue weighted by Crippen LogP contribution is 2.17. The average molecular weight is 286 g/mol. The number of nitrogens with zero attached hydrogens (tertiary/aromatic N) is 1. The van der Waals surface area contributed by atoms with E-state index in [2.05, 4.69) is 5.32 Å². The van der Waals surface area contributed by atoms with Crippen molar-refractivity contribution in [3.05, 3.63) is 0 Å². The Morgan fingerprint density at radius 1 is 1.10 bits per heavy atom. The standard InChI is InChI=1S/C15H30N2O3/c1-3-19-11-9-17(10-12-20-4-2)15(18)13-16-14-7-5-6-8-14/h14,16H,3-13H2,1-2H3. The van der Waals surface area contributed by atoms with Gasteiger partial charge in [-0.25, -0.2) is 0 Å². The molecule has 5 heteroatoms. The van der Waals surface area contributed by atoms with E-state index in [-0.39, 0.29) is 5.91 Å². The zero-order valence-electron chi connectivity index (χ0n) is 13.0. The summed E-state index contributed by atoms with van der Waals surface area (Å²) in [5.41, 5.74) is 0. The number of carbonyl (C=O) groups excluding carboxylic acids is 1. The number of ether oxygens (including phenoxy) is 2. The van der Waals surface area contributed by atoms with Gasteiger partial charge in [-0.2, -0.15) is 0 Å². The number of amides is 1. The summed E-state index contributed by atoms with van der Waals surface area (Å²) in [6, 6.07) is 0.527. The van der Waals surface area contributed by atoms with Crippen molar-refractivity contribution < 1.29 is 14.3 Å². The van der Waals surface area contributed by atoms with Crippen molar-refractivity contribution in [2.45, 2.75) is 45.6 Å². The van der Waals surface area contributed by atoms with Crippen LogP contribution in [0.1, 0.15) is 39.5 Å². The highest BCUT2D eigenvalue weighted by molar-refractivity contribution is 5.78. The average Bonchev–Trinajstić information content (AvgIpc) is 2.97. The number of hydrogen-bond donors (Lipinski definition) is 1. The minimum Gasteiger partial charge on any atom is -0.380 e. The van der Waals surface area contributed by atoms with Gasteiger partial charge < -0.3 is 19.7 Å². The van der Waals surface area contributed by atoms with Crippen molar-refractivity contribution in [2.24, 2.45) is 0 Å². The largest absolute Gasteiger partial charge is 0.380 e. The molecule has 0 aromatic carbocycles. The fourth-order valence-electron chi connectivity index (χ4n) is 2.47. The van der Waals surface area contributed by atoms with Gasteiger partial charge in [-0.1, -0.05) is 12.8 Å². The Balaban J connectivity index is 2.27. The van der Waals surface area contributed by atoms with E-state index < -0.39 is 0 Å². The maximum atomic E-state index is 12.2. The first-order chi connectivity index (χ1) is 9.77. The summed E-state index contributed by atoms with van der Waals surface area (Å²) in [5.74, 6) is 0.149. The van der Waals surface area contributed by atoms with E-state index in [0.29, 0.717) is 52.1 Å². The molecule has 1 aliphatic rings. The minimum atomic E-state index is 0.149. The Morgan fingerprint density at radius 3 is 2.15 bits per heavy atom. The van der Waals surface area contributed by atoms with E-state index in [1.807, 2.05) is 18.7 Å². The number of carbonyl (C=O) groups is 1. The highest BCUT2D eigenvalue weighted by atomic mass is 16.5. The molecule has 0 saturated heterocycles. The predicted octanol–water partition coefficient (Wildman–Crippen LogP) is 1.42. The van der Waals surface area contributed by atoms with Gasteiger partial charge in [0, 0.05) is 32.3 Å². The van der Waals surface area contributed by atoms with Crippen molar-refractivity contribution in [1.82, 2.24) is 10.2 Å². The second-order valence-corrected chi connectivity index (χ2v) is 5.14. The van der Waals surface area contributed by atoms with E-state index in [9.17, 15) is 4.79 Å². The lowest BCUT2D eigenvalue weighted by Gasteiger charge is -2.23. The summed E-state index contributed by atoms with van der Waals surface area (Å²) in [6.45, 7) is 8.22. The number of nitrogens with one attached hydrogen (secondary N) is 1. The molecule has 0 atom stereocenters. The van der Waals surface area contributed by atoms with Crippen molar-refractivity contribution in [3.63, 3.8) is 0 Å². The molecule has 1 fully saturated rings. The maximum absolute atomic E-state index is 12.2. The summed E-state index contributed by atoms with van der Waals surface area (Å²) >= 11 is 0. The van der Waals surface area contributed by atoms with Gasteiger partial charge in [0.1, 0.15) is 0 Å². The van der Waals surface area contributed by atoms with Gasteiger partial charge in [0.05, 0.1) is 19.8 Å². The van der Waals surface area contributed by atoms with Crippen LogP contribution in [-0.4, -0.2) is 62.9 Å². The lowest BCUT2D eigenvalue weighted by molar-refractivity contribution is -0.131. The molecule has 118 valence electrons. The van der Waals surface area contributed by atoms with Crippen molar-refractivity contribution in [1.29, 1.82) is 0 Å². The molecule has 1 N–H and O–H groups in total. The minimum absolute atomic E-state index is 0.149. The Hall–Kier alpha value is -0.650. The molecule has 0 heterocycles. The van der Waals surface area contributed by atoms with Gasteiger partial charge in [0.15, 0.2) is 0 Å². The lowest BCUT2D eigenvalue weighted by Crippen LogP contribution is -2.43. The summed E-state index contributed by atoms with van der Waals surface area (Å²) in [4.78, 5) is 14.1. The molecule has 0 spiro atoms. The Kier molecular flexibility index (Phi) is 9.62. The van der Waals surface area contributed by atoms with Gasteiger partial charge in [0.25, 0.3) is 0 Å². The van der Waals surface area contributed by atoms with Crippen LogP contribution in [-0.2, 0) is 14.3 Å². The van der Waals surface area contributed by atoms with E-state index in [1.165, 1.54) is 25.7 Å². The monoisotopic (exact) mass is 286 g/mol. The third-order valence-electron chi connectivity index (χ3n) is 3.67. The molecule has 0 bridgehead atoms. The second-order valence-electron chi connectivity index (χ2n) is 5.14. The molecule has 1 aliphatic carbocycles. The number of hydrogen-bond acceptors (Lipinski definition) is 4. The normalized spacial score (nSPS) is 15.7. The zero-order valence-corrected chi connectivity index (χ0v) is 13.0. The fraction of sp³-hybridized carbons (Fsp3) is 0.933. The van der Waals surface area contributed by atoms with Crippen LogP contribution in [0.25, 0.3) is 0 Å². The van der Waals surface area contributed by atoms with Crippen LogP contribution < -0.4 is 5.32 Å². The molecule has 1 saturated carbocycles. The highest BCUT2D eigenvalue weighted by Gasteiger charge is 2.18. The molecule has 0 aliphatic heterocycles. The van der Waals surface area contributed by atoms with E-state index in [4.69, 9.17) is 9.47 Å². The molecule has 0 aromatic heterocycles. The van der Waals surface area contributed by atoms with Gasteiger partial charge in [-0.05, 0) is 26.7 Å². The topological polar surface area (TPSA) is 50.8 Å². The van der Waals surface area contributed by atoms with Gasteiger partial charge in [-0.15, -0.1) is 0 Å². The second kappa shape index (κ2) is 11.1. The third kappa shape index (κ3) is 7.22. The molecule has 1 amide bonds. The number of rotatable bonds is 11. The quantitative estimate of drug-likeness (QED) is 0.584. The molecule has 0 unspecified atom stereocenters. The van der Waals surface area contributed by atoms with E-state index in [0.717, 1.165) is 0 Å². The maximum Gasteiger partial charge on any atom is 0.236 e. The molecule has 5 nitrogen and oxygen atoms in total. The van der Waals surface area contributed by atoms with Crippen LogP contribution in [0.4, 0.5) is 0 Å². The Morgan fingerprint density at radius 2 is 1.65 bits per heavy atom. The summed E-state index contributed by atoms with van der Waals surface area (Å²) in [6.07, 6.45) is 4.96. The molecule has 0 aromatic rings. The van der Waals surface area contributed by atoms with Crippen LogP contribution in [0, 0.1) is 0 Å². The van der Waals surface area contributed by atoms with Crippen molar-refractivity contribution >= 4 is 5.91 Å². The summed E-state index contributed by atoms with van der Waals surface area (Å²) in [7, 11) is 0. The van der Waals surface area contributed by atoms with Gasteiger partial charge in [-0.3, -0.25) is 4.79 Å². The SMILES string of the molecule is CCOCCN(CCOCC)C(=O)CNC1CCCC1. The predicted molar refractivity (Wildman–Crippen MR) is 79.8 cm³/mol. The van der Waals surface area contributed by atoms with Gasteiger partial charge >= 0.3 is 0 Å². The van der Waals surface area contributed by atoms with Crippen LogP contribution in [0.5, 0.6) is 0 Å². The first kappa shape index (κ1) is 17.4. The fourth-order valence-corrected chi connectivity index (χ4v) is 2.47. The summed E-state index contributed by atoms with van der Waals surface area (Å²) in [5, 5.41) is 3.37. The van der Waals surface area contributed by atoms with Crippen LogP contribution in [0.15, 0.2) is 0 Å². The first-order valence-corrected chi connectivity index (χ1v) is 7.94. The van der Waals surface area contributed by atoms with Gasteiger partial charge in [0.2, 0.25) is 5.91 Å². The third-order valence-corrected chi connectivity index (χ3v) is 3.67. The molecule has 1 rings (SSSR count). The smallest absolute Gasteiger partial charge is 0.236 e. The Bertz CT molecular complexity index is 246.